The quantitative estimate of drug-likeness (QED) is 0.928. The first-order valence-corrected chi connectivity index (χ1v) is 8.82. The van der Waals surface area contributed by atoms with E-state index in [9.17, 15) is 4.79 Å². The van der Waals surface area contributed by atoms with E-state index in [2.05, 4.69) is 22.8 Å². The van der Waals surface area contributed by atoms with Crippen LogP contribution in [0.1, 0.15) is 26.7 Å². The summed E-state index contributed by atoms with van der Waals surface area (Å²) in [6.07, 6.45) is 1.39. The van der Waals surface area contributed by atoms with Crippen molar-refractivity contribution in [1.82, 2.24) is 9.97 Å². The van der Waals surface area contributed by atoms with Gasteiger partial charge in [-0.3, -0.25) is 4.79 Å². The van der Waals surface area contributed by atoms with Crippen molar-refractivity contribution in [3.05, 3.63) is 11.4 Å². The molecule has 2 fully saturated rings. The van der Waals surface area contributed by atoms with Crippen LogP contribution < -0.4 is 9.80 Å². The standard InChI is InChI=1S/C16H20N4O2S/c1-10-3-5-20(10)15-17-13(11-4-6-23-14(11)18-15)19-8-16(2,9-19)7-12(21)22/h4,6,10H,3,5,7-9H2,1-2H3,(H,21,22)/t10-/m0/s1. The van der Waals surface area contributed by atoms with Crippen LogP contribution >= 0.6 is 11.3 Å². The summed E-state index contributed by atoms with van der Waals surface area (Å²) in [5, 5.41) is 12.2. The van der Waals surface area contributed by atoms with Gasteiger partial charge in [0.05, 0.1) is 11.8 Å². The molecule has 4 rings (SSSR count). The molecule has 0 unspecified atom stereocenters. The topological polar surface area (TPSA) is 69.6 Å². The lowest BCUT2D eigenvalue weighted by atomic mass is 9.79. The second-order valence-electron chi connectivity index (χ2n) is 7.05. The molecule has 2 saturated heterocycles. The van der Waals surface area contributed by atoms with E-state index in [1.165, 1.54) is 6.42 Å². The predicted molar refractivity (Wildman–Crippen MR) is 91.4 cm³/mol. The first-order chi connectivity index (χ1) is 11.0. The first kappa shape index (κ1) is 14.7. The Labute approximate surface area is 138 Å². The van der Waals surface area contributed by atoms with Crippen LogP contribution in [0.25, 0.3) is 10.2 Å². The summed E-state index contributed by atoms with van der Waals surface area (Å²) >= 11 is 1.63. The van der Waals surface area contributed by atoms with E-state index in [4.69, 9.17) is 15.1 Å². The SMILES string of the molecule is C[C@H]1CCN1c1nc(N2CC(C)(CC(=O)O)C2)c2ccsc2n1. The highest BCUT2D eigenvalue weighted by Crippen LogP contribution is 2.40. The fourth-order valence-corrected chi connectivity index (χ4v) is 4.27. The smallest absolute Gasteiger partial charge is 0.304 e. The van der Waals surface area contributed by atoms with Crippen LogP contribution in [0.5, 0.6) is 0 Å². The van der Waals surface area contributed by atoms with Crippen LogP contribution in [0.4, 0.5) is 11.8 Å². The van der Waals surface area contributed by atoms with Crippen molar-refractivity contribution < 1.29 is 9.90 Å². The maximum absolute atomic E-state index is 11.0. The highest BCUT2D eigenvalue weighted by atomic mass is 32.1. The molecule has 1 atom stereocenters. The molecule has 2 aliphatic rings. The molecular weight excluding hydrogens is 312 g/mol. The maximum atomic E-state index is 11.0. The van der Waals surface area contributed by atoms with E-state index in [0.717, 1.165) is 41.6 Å². The highest BCUT2D eigenvalue weighted by molar-refractivity contribution is 7.16. The van der Waals surface area contributed by atoms with Crippen molar-refractivity contribution in [3.8, 4) is 0 Å². The minimum absolute atomic E-state index is 0.163. The molecule has 2 aromatic heterocycles. The number of rotatable bonds is 4. The fraction of sp³-hybridized carbons (Fsp3) is 0.562. The van der Waals surface area contributed by atoms with Crippen molar-refractivity contribution in [2.75, 3.05) is 29.4 Å². The third-order valence-corrected chi connectivity index (χ3v) is 5.70. The van der Waals surface area contributed by atoms with Crippen molar-refractivity contribution in [2.45, 2.75) is 32.7 Å². The van der Waals surface area contributed by atoms with Gasteiger partial charge in [-0.1, -0.05) is 6.92 Å². The fourth-order valence-electron chi connectivity index (χ4n) is 3.51. The molecule has 0 aromatic carbocycles. The number of hydrogen-bond donors (Lipinski definition) is 1. The number of aromatic nitrogens is 2. The molecule has 1 N–H and O–H groups in total. The van der Waals surface area contributed by atoms with Crippen molar-refractivity contribution >= 4 is 39.3 Å². The van der Waals surface area contributed by atoms with Crippen LogP contribution in [0, 0.1) is 5.41 Å². The van der Waals surface area contributed by atoms with Gasteiger partial charge in [0.15, 0.2) is 0 Å². The largest absolute Gasteiger partial charge is 0.481 e. The summed E-state index contributed by atoms with van der Waals surface area (Å²) in [7, 11) is 0. The zero-order chi connectivity index (χ0) is 16.2. The van der Waals surface area contributed by atoms with Crippen LogP contribution in [-0.4, -0.2) is 46.7 Å². The van der Waals surface area contributed by atoms with Crippen molar-refractivity contribution in [1.29, 1.82) is 0 Å². The lowest BCUT2D eigenvalue weighted by Crippen LogP contribution is -2.56. The van der Waals surface area contributed by atoms with Gasteiger partial charge < -0.3 is 14.9 Å². The van der Waals surface area contributed by atoms with E-state index in [0.29, 0.717) is 6.04 Å². The Hall–Kier alpha value is -1.89. The Morgan fingerprint density at radius 3 is 2.87 bits per heavy atom. The molecule has 2 aliphatic heterocycles. The molecule has 2 aromatic rings. The lowest BCUT2D eigenvalue weighted by Gasteiger charge is -2.48. The number of carboxylic acids is 1. The zero-order valence-electron chi connectivity index (χ0n) is 13.3. The van der Waals surface area contributed by atoms with E-state index in [1.807, 2.05) is 12.3 Å². The van der Waals surface area contributed by atoms with E-state index >= 15 is 0 Å². The molecule has 23 heavy (non-hydrogen) atoms. The Morgan fingerprint density at radius 1 is 1.48 bits per heavy atom. The average molecular weight is 332 g/mol. The molecule has 0 amide bonds. The Morgan fingerprint density at radius 2 is 2.26 bits per heavy atom. The van der Waals surface area contributed by atoms with E-state index < -0.39 is 5.97 Å². The summed E-state index contributed by atoms with van der Waals surface area (Å²) in [6, 6.07) is 2.56. The van der Waals surface area contributed by atoms with Gasteiger partial charge in [0.1, 0.15) is 10.6 Å². The van der Waals surface area contributed by atoms with Gasteiger partial charge in [-0.15, -0.1) is 11.3 Å². The minimum atomic E-state index is -0.731. The van der Waals surface area contributed by atoms with Gasteiger partial charge in [-0.25, -0.2) is 4.98 Å². The first-order valence-electron chi connectivity index (χ1n) is 7.94. The number of aliphatic carboxylic acids is 1. The molecule has 6 nitrogen and oxygen atoms in total. The highest BCUT2D eigenvalue weighted by Gasteiger charge is 2.42. The normalized spacial score (nSPS) is 22.8. The summed E-state index contributed by atoms with van der Waals surface area (Å²) in [6.45, 7) is 6.70. The zero-order valence-corrected chi connectivity index (χ0v) is 14.1. The Bertz CT molecular complexity index is 769. The van der Waals surface area contributed by atoms with Crippen molar-refractivity contribution in [3.63, 3.8) is 0 Å². The number of carboxylic acid groups (broad SMARTS) is 1. The molecule has 0 saturated carbocycles. The molecule has 122 valence electrons. The number of carbonyl (C=O) groups is 1. The lowest BCUT2D eigenvalue weighted by molar-refractivity contribution is -0.139. The Balaban J connectivity index is 1.64. The summed E-state index contributed by atoms with van der Waals surface area (Å²) in [5.41, 5.74) is -0.163. The van der Waals surface area contributed by atoms with Crippen LogP contribution in [0.3, 0.4) is 0 Å². The molecular formula is C16H20N4O2S. The summed E-state index contributed by atoms with van der Waals surface area (Å²) < 4.78 is 0. The summed E-state index contributed by atoms with van der Waals surface area (Å²) in [5.74, 6) is 1.03. The number of thiophene rings is 1. The molecule has 7 heteroatoms. The van der Waals surface area contributed by atoms with Crippen LogP contribution in [0.2, 0.25) is 0 Å². The predicted octanol–water partition coefficient (Wildman–Crippen LogP) is 2.59. The maximum Gasteiger partial charge on any atom is 0.304 e. The number of fused-ring (bicyclic) bond motifs is 1. The number of hydrogen-bond acceptors (Lipinski definition) is 6. The van der Waals surface area contributed by atoms with Gasteiger partial charge in [0.25, 0.3) is 0 Å². The molecule has 0 aliphatic carbocycles. The molecule has 0 radical (unpaired) electrons. The van der Waals surface area contributed by atoms with Gasteiger partial charge in [-0.05, 0) is 24.8 Å². The van der Waals surface area contributed by atoms with E-state index in [-0.39, 0.29) is 11.8 Å². The molecule has 0 spiro atoms. The summed E-state index contributed by atoms with van der Waals surface area (Å²) in [4.78, 5) is 26.0. The second kappa shape index (κ2) is 5.06. The van der Waals surface area contributed by atoms with Gasteiger partial charge >= 0.3 is 5.97 Å². The van der Waals surface area contributed by atoms with Crippen LogP contribution in [0.15, 0.2) is 11.4 Å². The third-order valence-electron chi connectivity index (χ3n) is 4.89. The van der Waals surface area contributed by atoms with Gasteiger partial charge in [0, 0.05) is 31.1 Å². The molecule has 4 heterocycles. The number of anilines is 2. The van der Waals surface area contributed by atoms with Crippen LogP contribution in [-0.2, 0) is 4.79 Å². The van der Waals surface area contributed by atoms with Crippen molar-refractivity contribution in [2.24, 2.45) is 5.41 Å². The van der Waals surface area contributed by atoms with E-state index in [1.54, 1.807) is 11.3 Å². The second-order valence-corrected chi connectivity index (χ2v) is 7.95. The number of nitrogens with zero attached hydrogens (tertiary/aromatic N) is 4. The average Bonchev–Trinajstić information content (AvgIpc) is 2.89. The van der Waals surface area contributed by atoms with Gasteiger partial charge in [-0.2, -0.15) is 4.98 Å². The monoisotopic (exact) mass is 332 g/mol. The van der Waals surface area contributed by atoms with Gasteiger partial charge in [0.2, 0.25) is 5.95 Å². The Kier molecular flexibility index (Phi) is 3.23. The third kappa shape index (κ3) is 2.43. The molecule has 0 bridgehead atoms. The minimum Gasteiger partial charge on any atom is -0.481 e.